The molecule has 4 N–H and O–H groups in total. The molecule has 0 bridgehead atoms. The third kappa shape index (κ3) is 7.55. The van der Waals surface area contributed by atoms with Crippen molar-refractivity contribution in [3.05, 3.63) is 93.9 Å². The summed E-state index contributed by atoms with van der Waals surface area (Å²) in [4.78, 5) is 25.8. The van der Waals surface area contributed by atoms with Crippen molar-refractivity contribution in [3.63, 3.8) is 0 Å². The summed E-state index contributed by atoms with van der Waals surface area (Å²) in [7, 11) is 1.81. The Morgan fingerprint density at radius 2 is 1.94 bits per heavy atom. The van der Waals surface area contributed by atoms with Gasteiger partial charge in [0.05, 0.1) is 16.6 Å². The van der Waals surface area contributed by atoms with Crippen LogP contribution in [0.4, 0.5) is 4.39 Å². The molecule has 1 unspecified atom stereocenters. The molecule has 8 heteroatoms. The predicted octanol–water partition coefficient (Wildman–Crippen LogP) is 3.80. The lowest BCUT2D eigenvalue weighted by Crippen LogP contribution is -2.33. The largest absolute Gasteiger partial charge is 0.478 e. The molecule has 0 heterocycles. The SMILES string of the molecule is CC(NC(=O)/C(=C/C(Cl)=C\N)CN(C)Cc1cccc(F)c1)c1ccc(C(=O)O)cc1. The molecule has 0 fully saturated rings. The molecular weight excluding hydrogens is 421 g/mol. The number of aromatic carboxylic acids is 1. The van der Waals surface area contributed by atoms with E-state index < -0.39 is 5.97 Å². The number of benzene rings is 2. The van der Waals surface area contributed by atoms with E-state index in [9.17, 15) is 14.0 Å². The van der Waals surface area contributed by atoms with Gasteiger partial charge in [-0.05, 0) is 55.4 Å². The molecular formula is C23H25ClFN3O3. The van der Waals surface area contributed by atoms with Crippen LogP contribution in [0.1, 0.15) is 34.5 Å². The second-order valence-corrected chi connectivity index (χ2v) is 7.58. The molecule has 0 aliphatic rings. The Morgan fingerprint density at radius 3 is 2.52 bits per heavy atom. The van der Waals surface area contributed by atoms with E-state index in [0.717, 1.165) is 11.1 Å². The molecule has 0 radical (unpaired) electrons. The Hall–Kier alpha value is -3.16. The van der Waals surface area contributed by atoms with Crippen LogP contribution in [0.15, 0.2) is 71.4 Å². The third-order valence-electron chi connectivity index (χ3n) is 4.55. The van der Waals surface area contributed by atoms with Gasteiger partial charge < -0.3 is 16.2 Å². The van der Waals surface area contributed by atoms with Gasteiger partial charge in [-0.2, -0.15) is 0 Å². The van der Waals surface area contributed by atoms with E-state index in [1.807, 2.05) is 4.90 Å². The molecule has 2 aromatic rings. The average Bonchev–Trinajstić information content (AvgIpc) is 2.73. The maximum atomic E-state index is 13.4. The summed E-state index contributed by atoms with van der Waals surface area (Å²) in [6.45, 7) is 2.47. The van der Waals surface area contributed by atoms with E-state index in [2.05, 4.69) is 5.32 Å². The topological polar surface area (TPSA) is 95.7 Å². The molecule has 0 saturated carbocycles. The van der Waals surface area contributed by atoms with Crippen LogP contribution in [0, 0.1) is 5.82 Å². The molecule has 0 aliphatic heterocycles. The normalized spacial score (nSPS) is 13.2. The van der Waals surface area contributed by atoms with Crippen molar-refractivity contribution >= 4 is 23.5 Å². The minimum absolute atomic E-state index is 0.168. The Balaban J connectivity index is 2.12. The molecule has 2 rings (SSSR count). The van der Waals surface area contributed by atoms with Crippen LogP contribution in [0.3, 0.4) is 0 Å². The molecule has 0 aliphatic carbocycles. The van der Waals surface area contributed by atoms with Crippen molar-refractivity contribution < 1.29 is 19.1 Å². The number of allylic oxidation sites excluding steroid dienone is 2. The standard InChI is InChI=1S/C23H25ClFN3O3/c1-15(17-6-8-18(9-7-17)23(30)31)27-22(29)19(11-20(24)12-26)14-28(2)13-16-4-3-5-21(25)10-16/h3-12,15H,13-14,26H2,1-2H3,(H,27,29)(H,30,31)/b19-11+,20-12+. The van der Waals surface area contributed by atoms with Crippen molar-refractivity contribution in [1.29, 1.82) is 0 Å². The second kappa shape index (κ2) is 11.3. The molecule has 0 aromatic heterocycles. The molecule has 164 valence electrons. The number of carbonyl (C=O) groups is 2. The highest BCUT2D eigenvalue weighted by atomic mass is 35.5. The van der Waals surface area contributed by atoms with Gasteiger partial charge in [0.1, 0.15) is 5.82 Å². The molecule has 0 saturated heterocycles. The van der Waals surface area contributed by atoms with Gasteiger partial charge in [-0.3, -0.25) is 9.69 Å². The molecule has 1 amide bonds. The summed E-state index contributed by atoms with van der Waals surface area (Å²) in [5.41, 5.74) is 7.52. The van der Waals surface area contributed by atoms with E-state index in [0.29, 0.717) is 12.1 Å². The number of hydrogen-bond donors (Lipinski definition) is 3. The lowest BCUT2D eigenvalue weighted by atomic mass is 10.1. The maximum absolute atomic E-state index is 13.4. The zero-order valence-electron chi connectivity index (χ0n) is 17.3. The lowest BCUT2D eigenvalue weighted by molar-refractivity contribution is -0.118. The zero-order valence-corrected chi connectivity index (χ0v) is 18.1. The summed E-state index contributed by atoms with van der Waals surface area (Å²) in [5, 5.41) is 12.1. The second-order valence-electron chi connectivity index (χ2n) is 7.15. The van der Waals surface area contributed by atoms with Crippen molar-refractivity contribution in [2.45, 2.75) is 19.5 Å². The van der Waals surface area contributed by atoms with Crippen LogP contribution in [0.2, 0.25) is 0 Å². The first-order chi connectivity index (χ1) is 14.7. The van der Waals surface area contributed by atoms with E-state index in [1.165, 1.54) is 36.5 Å². The number of carboxylic acid groups (broad SMARTS) is 1. The lowest BCUT2D eigenvalue weighted by Gasteiger charge is -2.21. The highest BCUT2D eigenvalue weighted by molar-refractivity contribution is 6.31. The van der Waals surface area contributed by atoms with Crippen LogP contribution < -0.4 is 11.1 Å². The number of nitrogens with one attached hydrogen (secondary N) is 1. The zero-order chi connectivity index (χ0) is 23.0. The van der Waals surface area contributed by atoms with Crippen LogP contribution >= 0.6 is 11.6 Å². The maximum Gasteiger partial charge on any atom is 0.335 e. The fraction of sp³-hybridized carbons (Fsp3) is 0.217. The Labute approximate surface area is 185 Å². The summed E-state index contributed by atoms with van der Waals surface area (Å²) in [6, 6.07) is 12.2. The van der Waals surface area contributed by atoms with Crippen molar-refractivity contribution in [3.8, 4) is 0 Å². The number of carbonyl (C=O) groups excluding carboxylic acids is 1. The van der Waals surface area contributed by atoms with Crippen LogP contribution in [0.5, 0.6) is 0 Å². The highest BCUT2D eigenvalue weighted by Gasteiger charge is 2.17. The Bertz CT molecular complexity index is 990. The van der Waals surface area contributed by atoms with Gasteiger partial charge in [-0.15, -0.1) is 0 Å². The number of carboxylic acids is 1. The fourth-order valence-corrected chi connectivity index (χ4v) is 3.11. The minimum Gasteiger partial charge on any atom is -0.478 e. The van der Waals surface area contributed by atoms with Crippen LogP contribution in [-0.4, -0.2) is 35.5 Å². The van der Waals surface area contributed by atoms with Gasteiger partial charge >= 0.3 is 5.97 Å². The van der Waals surface area contributed by atoms with Gasteiger partial charge in [0, 0.05) is 24.9 Å². The summed E-state index contributed by atoms with van der Waals surface area (Å²) < 4.78 is 13.4. The first kappa shape index (κ1) is 24.1. The Morgan fingerprint density at radius 1 is 1.26 bits per heavy atom. The first-order valence-corrected chi connectivity index (χ1v) is 9.92. The molecule has 6 nitrogen and oxygen atoms in total. The molecule has 2 aromatic carbocycles. The smallest absolute Gasteiger partial charge is 0.335 e. The number of halogens is 2. The predicted molar refractivity (Wildman–Crippen MR) is 119 cm³/mol. The van der Waals surface area contributed by atoms with Gasteiger partial charge in [0.2, 0.25) is 5.91 Å². The van der Waals surface area contributed by atoms with Crippen LogP contribution in [0.25, 0.3) is 0 Å². The van der Waals surface area contributed by atoms with E-state index >= 15 is 0 Å². The summed E-state index contributed by atoms with van der Waals surface area (Å²) in [6.07, 6.45) is 2.68. The summed E-state index contributed by atoms with van der Waals surface area (Å²) >= 11 is 6.03. The number of rotatable bonds is 9. The highest BCUT2D eigenvalue weighted by Crippen LogP contribution is 2.16. The van der Waals surface area contributed by atoms with Crippen molar-refractivity contribution in [2.24, 2.45) is 5.73 Å². The van der Waals surface area contributed by atoms with E-state index in [-0.39, 0.29) is 34.9 Å². The molecule has 0 spiro atoms. The summed E-state index contributed by atoms with van der Waals surface area (Å²) in [5.74, 6) is -1.69. The first-order valence-electron chi connectivity index (χ1n) is 9.54. The van der Waals surface area contributed by atoms with E-state index in [4.69, 9.17) is 22.4 Å². The van der Waals surface area contributed by atoms with Gasteiger partial charge in [0.25, 0.3) is 0 Å². The Kier molecular flexibility index (Phi) is 8.78. The van der Waals surface area contributed by atoms with Gasteiger partial charge in [0.15, 0.2) is 0 Å². The average molecular weight is 446 g/mol. The van der Waals surface area contributed by atoms with Gasteiger partial charge in [-0.1, -0.05) is 35.9 Å². The number of likely N-dealkylation sites (N-methyl/N-ethyl adjacent to an activating group) is 1. The number of nitrogens with zero attached hydrogens (tertiary/aromatic N) is 1. The number of hydrogen-bond acceptors (Lipinski definition) is 4. The van der Waals surface area contributed by atoms with Gasteiger partial charge in [-0.25, -0.2) is 9.18 Å². The fourth-order valence-electron chi connectivity index (χ4n) is 2.98. The van der Waals surface area contributed by atoms with Crippen molar-refractivity contribution in [2.75, 3.05) is 13.6 Å². The minimum atomic E-state index is -1.02. The molecule has 31 heavy (non-hydrogen) atoms. The van der Waals surface area contributed by atoms with Crippen molar-refractivity contribution in [1.82, 2.24) is 10.2 Å². The van der Waals surface area contributed by atoms with E-state index in [1.54, 1.807) is 38.2 Å². The number of nitrogens with two attached hydrogens (primary N) is 1. The quantitative estimate of drug-likeness (QED) is 0.403. The van der Waals surface area contributed by atoms with Crippen LogP contribution in [-0.2, 0) is 11.3 Å². The third-order valence-corrected chi connectivity index (χ3v) is 4.79. The monoisotopic (exact) mass is 445 g/mol. The number of amides is 1. The molecule has 1 atom stereocenters.